The Hall–Kier alpha value is -3.43. The summed E-state index contributed by atoms with van der Waals surface area (Å²) in [5.41, 5.74) is 8.06. The van der Waals surface area contributed by atoms with Gasteiger partial charge >= 0.3 is 5.97 Å². The summed E-state index contributed by atoms with van der Waals surface area (Å²) >= 11 is 0. The van der Waals surface area contributed by atoms with Crippen LogP contribution in [-0.4, -0.2) is 59.3 Å². The normalized spacial score (nSPS) is 13.5. The number of nitrogens with one attached hydrogen (secondary N) is 2. The Morgan fingerprint density at radius 3 is 2.30 bits per heavy atom. The van der Waals surface area contributed by atoms with Crippen LogP contribution >= 0.6 is 0 Å². The average molecular weight is 514 g/mol. The van der Waals surface area contributed by atoms with Gasteiger partial charge in [0.2, 0.25) is 5.91 Å². The summed E-state index contributed by atoms with van der Waals surface area (Å²) in [6, 6.07) is 11.7. The summed E-state index contributed by atoms with van der Waals surface area (Å²) in [7, 11) is 0. The molecule has 3 atom stereocenters. The van der Waals surface area contributed by atoms with E-state index in [4.69, 9.17) is 10.5 Å². The first-order valence-corrected chi connectivity index (χ1v) is 12.6. The zero-order valence-electron chi connectivity index (χ0n) is 21.8. The number of aliphatic hydroxyl groups excluding tert-OH is 1. The molecule has 0 aromatic heterocycles. The third kappa shape index (κ3) is 9.51. The number of carbonyl (C=O) groups excluding carboxylic acids is 2. The summed E-state index contributed by atoms with van der Waals surface area (Å²) < 4.78 is 5.98. The van der Waals surface area contributed by atoms with Crippen molar-refractivity contribution in [1.29, 1.82) is 0 Å². The number of aryl methyl sites for hydroxylation is 1. The molecule has 0 heterocycles. The first-order valence-electron chi connectivity index (χ1n) is 12.6. The van der Waals surface area contributed by atoms with Crippen LogP contribution < -0.4 is 21.1 Å². The summed E-state index contributed by atoms with van der Waals surface area (Å²) in [4.78, 5) is 38.0. The van der Waals surface area contributed by atoms with Gasteiger partial charge in [-0.3, -0.25) is 9.59 Å². The first kappa shape index (κ1) is 29.8. The maximum Gasteiger partial charge on any atom is 0.328 e. The Bertz CT molecular complexity index is 1030. The lowest BCUT2D eigenvalue weighted by Gasteiger charge is -2.23. The minimum Gasteiger partial charge on any atom is -0.491 e. The van der Waals surface area contributed by atoms with Crippen molar-refractivity contribution in [2.75, 3.05) is 13.2 Å². The van der Waals surface area contributed by atoms with Crippen molar-refractivity contribution < 1.29 is 29.3 Å². The van der Waals surface area contributed by atoms with Crippen LogP contribution in [0.4, 0.5) is 0 Å². The molecule has 0 bridgehead atoms. The molecule has 2 aromatic carbocycles. The number of ether oxygens (including phenoxy) is 1. The zero-order chi connectivity index (χ0) is 27.4. The molecule has 0 aliphatic carbocycles. The predicted molar refractivity (Wildman–Crippen MR) is 141 cm³/mol. The van der Waals surface area contributed by atoms with Gasteiger partial charge in [-0.25, -0.2) is 4.79 Å². The van der Waals surface area contributed by atoms with Gasteiger partial charge in [0.1, 0.15) is 24.4 Å². The van der Waals surface area contributed by atoms with Gasteiger partial charge in [-0.15, -0.1) is 0 Å². The smallest absolute Gasteiger partial charge is 0.328 e. The van der Waals surface area contributed by atoms with Crippen LogP contribution in [0.3, 0.4) is 0 Å². The Balaban J connectivity index is 2.34. The molecule has 2 amide bonds. The van der Waals surface area contributed by atoms with E-state index in [9.17, 15) is 24.6 Å². The largest absolute Gasteiger partial charge is 0.491 e. The van der Waals surface area contributed by atoms with E-state index < -0.39 is 36.5 Å². The number of rotatable bonds is 15. The molecule has 6 N–H and O–H groups in total. The molecule has 0 aliphatic rings. The van der Waals surface area contributed by atoms with Crippen molar-refractivity contribution in [3.63, 3.8) is 0 Å². The van der Waals surface area contributed by atoms with Crippen LogP contribution in [0.5, 0.6) is 5.75 Å². The Labute approximate surface area is 218 Å². The number of carboxylic acids is 1. The first-order chi connectivity index (χ1) is 17.7. The van der Waals surface area contributed by atoms with Gasteiger partial charge < -0.3 is 31.3 Å². The van der Waals surface area contributed by atoms with Crippen LogP contribution in [0.2, 0.25) is 0 Å². The van der Waals surface area contributed by atoms with E-state index in [0.717, 1.165) is 24.0 Å². The van der Waals surface area contributed by atoms with Crippen LogP contribution in [0, 0.1) is 5.92 Å². The molecule has 0 spiro atoms. The lowest BCUT2D eigenvalue weighted by atomic mass is 9.99. The van der Waals surface area contributed by atoms with Crippen LogP contribution in [0.15, 0.2) is 48.5 Å². The molecule has 0 radical (unpaired) electrons. The van der Waals surface area contributed by atoms with E-state index in [1.54, 1.807) is 6.07 Å². The molecule has 2 aromatic rings. The monoisotopic (exact) mass is 513 g/mol. The van der Waals surface area contributed by atoms with E-state index in [1.807, 2.05) is 49.4 Å². The van der Waals surface area contributed by atoms with E-state index >= 15 is 0 Å². The number of benzene rings is 2. The van der Waals surface area contributed by atoms with E-state index in [-0.39, 0.29) is 19.1 Å². The molecular formula is C28H39N3O6. The van der Waals surface area contributed by atoms with Crippen LogP contribution in [0.25, 0.3) is 0 Å². The second-order valence-electron chi connectivity index (χ2n) is 9.54. The van der Waals surface area contributed by atoms with Gasteiger partial charge in [-0.2, -0.15) is 0 Å². The predicted octanol–water partition coefficient (Wildman–Crippen LogP) is 2.29. The molecule has 202 valence electrons. The molecule has 9 heteroatoms. The summed E-state index contributed by atoms with van der Waals surface area (Å²) in [5, 5.41) is 23.7. The highest BCUT2D eigenvalue weighted by Crippen LogP contribution is 2.25. The van der Waals surface area contributed by atoms with Gasteiger partial charge in [-0.1, -0.05) is 69.7 Å². The molecule has 0 fully saturated rings. The highest BCUT2D eigenvalue weighted by Gasteiger charge is 2.28. The topological polar surface area (TPSA) is 151 Å². The van der Waals surface area contributed by atoms with Crippen LogP contribution in [0.1, 0.15) is 55.1 Å². The van der Waals surface area contributed by atoms with Crippen molar-refractivity contribution in [1.82, 2.24) is 10.6 Å². The fourth-order valence-electron chi connectivity index (χ4n) is 4.05. The minimum atomic E-state index is -1.49. The number of carbonyl (C=O) groups is 3. The van der Waals surface area contributed by atoms with E-state index in [2.05, 4.69) is 24.5 Å². The molecular weight excluding hydrogens is 474 g/mol. The second kappa shape index (κ2) is 15.0. The maximum absolute atomic E-state index is 13.6. The van der Waals surface area contributed by atoms with E-state index in [1.165, 1.54) is 0 Å². The fraction of sp³-hybridized carbons (Fsp3) is 0.464. The van der Waals surface area contributed by atoms with Gasteiger partial charge in [0.05, 0.1) is 12.2 Å². The number of nitrogens with two attached hydrogens (primary N) is 1. The summed E-state index contributed by atoms with van der Waals surface area (Å²) in [6.07, 6.45) is 2.31. The van der Waals surface area contributed by atoms with Gasteiger partial charge in [0, 0.05) is 12.5 Å². The number of amides is 2. The van der Waals surface area contributed by atoms with Gasteiger partial charge in [0.25, 0.3) is 5.91 Å². The second-order valence-corrected chi connectivity index (χ2v) is 9.54. The highest BCUT2D eigenvalue weighted by molar-refractivity contribution is 6.01. The lowest BCUT2D eigenvalue weighted by molar-refractivity contribution is -0.143. The Morgan fingerprint density at radius 1 is 1.00 bits per heavy atom. The van der Waals surface area contributed by atoms with Gasteiger partial charge in [-0.05, 0) is 36.0 Å². The minimum absolute atomic E-state index is 0.127. The van der Waals surface area contributed by atoms with Crippen molar-refractivity contribution >= 4 is 17.8 Å². The lowest BCUT2D eigenvalue weighted by Crippen LogP contribution is -2.53. The van der Waals surface area contributed by atoms with Crippen molar-refractivity contribution in [2.45, 2.75) is 64.6 Å². The van der Waals surface area contributed by atoms with Crippen LogP contribution in [-0.2, 0) is 22.4 Å². The maximum atomic E-state index is 13.6. The number of carboxylic acid groups (broad SMARTS) is 1. The molecule has 0 saturated carbocycles. The zero-order valence-corrected chi connectivity index (χ0v) is 21.8. The number of hydrogen-bond donors (Lipinski definition) is 5. The summed E-state index contributed by atoms with van der Waals surface area (Å²) in [6.45, 7) is 5.61. The summed E-state index contributed by atoms with van der Waals surface area (Å²) in [5.74, 6) is -1.82. The number of aliphatic hydroxyl groups is 1. The van der Waals surface area contributed by atoms with E-state index in [0.29, 0.717) is 23.7 Å². The van der Waals surface area contributed by atoms with Crippen molar-refractivity contribution in [3.8, 4) is 5.75 Å². The SMILES string of the molecule is CCCc1cccc(OC[C@H](N)CC(C)C)c1C(=O)N[C@@H](Cc1ccccc1)C(=O)N[C@@H](CO)C(=O)O. The fourth-order valence-corrected chi connectivity index (χ4v) is 4.05. The third-order valence-electron chi connectivity index (χ3n) is 5.79. The molecule has 37 heavy (non-hydrogen) atoms. The number of aliphatic carboxylic acids is 1. The van der Waals surface area contributed by atoms with Crippen molar-refractivity contribution in [2.24, 2.45) is 11.7 Å². The number of hydrogen-bond acceptors (Lipinski definition) is 6. The molecule has 0 saturated heterocycles. The average Bonchev–Trinajstić information content (AvgIpc) is 2.85. The molecule has 0 aliphatic heterocycles. The molecule has 0 unspecified atom stereocenters. The molecule has 9 nitrogen and oxygen atoms in total. The van der Waals surface area contributed by atoms with Crippen molar-refractivity contribution in [3.05, 3.63) is 65.2 Å². The van der Waals surface area contributed by atoms with Gasteiger partial charge in [0.15, 0.2) is 0 Å². The molecule has 2 rings (SSSR count). The standard InChI is InChI=1S/C28H39N3O6/c1-4-9-20-12-8-13-24(37-17-21(29)14-18(2)3)25(20)27(34)30-22(15-19-10-6-5-7-11-19)26(33)31-23(16-32)28(35)36/h5-8,10-13,18,21-23,32H,4,9,14-17,29H2,1-3H3,(H,30,34)(H,31,33)(H,35,36)/t21-,22+,23+/m1/s1. The quantitative estimate of drug-likeness (QED) is 0.245. The third-order valence-corrected chi connectivity index (χ3v) is 5.79. The Kier molecular flexibility index (Phi) is 12.1. The highest BCUT2D eigenvalue weighted by atomic mass is 16.5. The Morgan fingerprint density at radius 2 is 1.70 bits per heavy atom.